The molecule has 28 heavy (non-hydrogen) atoms. The predicted octanol–water partition coefficient (Wildman–Crippen LogP) is 2.74. The van der Waals surface area contributed by atoms with Crippen LogP contribution in [0.4, 0.5) is 5.95 Å². The highest BCUT2D eigenvalue weighted by Gasteiger charge is 2.19. The average Bonchev–Trinajstić information content (AvgIpc) is 3.23. The van der Waals surface area contributed by atoms with E-state index in [-0.39, 0.29) is 0 Å². The Morgan fingerprint density at radius 3 is 2.54 bits per heavy atom. The Bertz CT molecular complexity index is 1070. The van der Waals surface area contributed by atoms with Crippen LogP contribution in [0.15, 0.2) is 61.1 Å². The number of anilines is 1. The Hall–Kier alpha value is -3.32. The lowest BCUT2D eigenvalue weighted by Crippen LogP contribution is -2.46. The number of aromatic amines is 1. The first-order valence-corrected chi connectivity index (χ1v) is 9.50. The summed E-state index contributed by atoms with van der Waals surface area (Å²) in [5.74, 6) is 1.63. The number of benzene rings is 1. The van der Waals surface area contributed by atoms with Crippen molar-refractivity contribution < 1.29 is 0 Å². The molecule has 0 saturated carbocycles. The number of imidazole rings is 1. The molecule has 7 nitrogen and oxygen atoms in total. The Morgan fingerprint density at radius 1 is 0.857 bits per heavy atom. The van der Waals surface area contributed by atoms with Gasteiger partial charge in [-0.25, -0.2) is 19.9 Å². The van der Waals surface area contributed by atoms with Gasteiger partial charge in [-0.15, -0.1) is 0 Å². The van der Waals surface area contributed by atoms with Crippen molar-refractivity contribution in [3.8, 4) is 11.5 Å². The second kappa shape index (κ2) is 7.36. The fourth-order valence-electron chi connectivity index (χ4n) is 3.56. The molecular weight excluding hydrogens is 350 g/mol. The summed E-state index contributed by atoms with van der Waals surface area (Å²) in [7, 11) is 0. The molecule has 0 spiro atoms. The first kappa shape index (κ1) is 16.8. The van der Waals surface area contributed by atoms with E-state index in [1.807, 2.05) is 36.5 Å². The average molecular weight is 371 g/mol. The van der Waals surface area contributed by atoms with Gasteiger partial charge in [0.15, 0.2) is 5.82 Å². The van der Waals surface area contributed by atoms with Crippen molar-refractivity contribution in [1.82, 2.24) is 29.8 Å². The number of rotatable bonds is 4. The second-order valence-electron chi connectivity index (χ2n) is 6.94. The molecule has 1 fully saturated rings. The minimum atomic E-state index is 0.812. The Balaban J connectivity index is 1.24. The van der Waals surface area contributed by atoms with Gasteiger partial charge in [0, 0.05) is 56.7 Å². The van der Waals surface area contributed by atoms with Gasteiger partial charge in [-0.05, 0) is 18.2 Å². The summed E-state index contributed by atoms with van der Waals surface area (Å²) in [6.45, 7) is 4.61. The van der Waals surface area contributed by atoms with Crippen molar-refractivity contribution in [2.75, 3.05) is 31.1 Å². The van der Waals surface area contributed by atoms with Crippen molar-refractivity contribution in [1.29, 1.82) is 0 Å². The highest BCUT2D eigenvalue weighted by molar-refractivity contribution is 5.80. The number of fused-ring (bicyclic) bond motifs is 1. The molecule has 1 N–H and O–H groups in total. The predicted molar refractivity (Wildman–Crippen MR) is 109 cm³/mol. The van der Waals surface area contributed by atoms with E-state index in [0.717, 1.165) is 66.8 Å². The van der Waals surface area contributed by atoms with Crippen LogP contribution in [-0.4, -0.2) is 56.0 Å². The molecule has 0 amide bonds. The van der Waals surface area contributed by atoms with Crippen LogP contribution in [0, 0.1) is 0 Å². The number of nitrogens with one attached hydrogen (secondary N) is 1. The van der Waals surface area contributed by atoms with Gasteiger partial charge in [0.05, 0.1) is 11.2 Å². The zero-order chi connectivity index (χ0) is 18.8. The molecule has 3 aromatic heterocycles. The van der Waals surface area contributed by atoms with Crippen molar-refractivity contribution in [2.24, 2.45) is 0 Å². The smallest absolute Gasteiger partial charge is 0.225 e. The third-order valence-corrected chi connectivity index (χ3v) is 5.06. The summed E-state index contributed by atoms with van der Waals surface area (Å²) < 4.78 is 0. The molecule has 0 unspecified atom stereocenters. The van der Waals surface area contributed by atoms with Crippen molar-refractivity contribution in [3.63, 3.8) is 0 Å². The van der Waals surface area contributed by atoms with Crippen LogP contribution in [0.5, 0.6) is 0 Å². The van der Waals surface area contributed by atoms with Crippen molar-refractivity contribution >= 4 is 16.9 Å². The third-order valence-electron chi connectivity index (χ3n) is 5.06. The lowest BCUT2D eigenvalue weighted by Gasteiger charge is -2.34. The van der Waals surface area contributed by atoms with Crippen LogP contribution < -0.4 is 4.90 Å². The summed E-state index contributed by atoms with van der Waals surface area (Å²) in [5, 5.41) is 1.14. The molecule has 0 bridgehead atoms. The summed E-state index contributed by atoms with van der Waals surface area (Å²) in [4.78, 5) is 26.1. The number of aromatic nitrogens is 5. The molecule has 5 rings (SSSR count). The largest absolute Gasteiger partial charge is 0.343 e. The van der Waals surface area contributed by atoms with Gasteiger partial charge < -0.3 is 9.88 Å². The molecule has 0 aliphatic carbocycles. The van der Waals surface area contributed by atoms with E-state index in [2.05, 4.69) is 36.9 Å². The molecule has 4 heterocycles. The molecule has 4 aromatic rings. The lowest BCUT2D eigenvalue weighted by molar-refractivity contribution is 0.246. The van der Waals surface area contributed by atoms with Crippen LogP contribution in [0.2, 0.25) is 0 Å². The molecule has 1 aliphatic heterocycles. The molecule has 1 aliphatic rings. The lowest BCUT2D eigenvalue weighted by atomic mass is 10.2. The van der Waals surface area contributed by atoms with Gasteiger partial charge in [-0.3, -0.25) is 4.90 Å². The van der Waals surface area contributed by atoms with Crippen molar-refractivity contribution in [3.05, 3.63) is 66.7 Å². The molecule has 7 heteroatoms. The number of nitrogens with zero attached hydrogens (tertiary/aromatic N) is 6. The van der Waals surface area contributed by atoms with E-state index < -0.39 is 0 Å². The monoisotopic (exact) mass is 371 g/mol. The van der Waals surface area contributed by atoms with Gasteiger partial charge in [0.1, 0.15) is 5.69 Å². The van der Waals surface area contributed by atoms with Crippen LogP contribution in [0.1, 0.15) is 5.69 Å². The summed E-state index contributed by atoms with van der Waals surface area (Å²) in [5.41, 5.74) is 2.89. The summed E-state index contributed by atoms with van der Waals surface area (Å²) in [6, 6.07) is 14.1. The molecule has 140 valence electrons. The van der Waals surface area contributed by atoms with Crippen LogP contribution >= 0.6 is 0 Å². The number of para-hydroxylation sites is 1. The molecule has 1 saturated heterocycles. The molecular formula is C21H21N7. The van der Waals surface area contributed by atoms with Gasteiger partial charge in [-0.2, -0.15) is 0 Å². The minimum absolute atomic E-state index is 0.812. The zero-order valence-corrected chi connectivity index (χ0v) is 15.5. The first-order chi connectivity index (χ1) is 13.8. The number of H-pyrrole nitrogens is 1. The maximum atomic E-state index is 4.76. The van der Waals surface area contributed by atoms with Crippen molar-refractivity contribution in [2.45, 2.75) is 6.54 Å². The van der Waals surface area contributed by atoms with E-state index in [9.17, 15) is 0 Å². The van der Waals surface area contributed by atoms with Crippen LogP contribution in [0.25, 0.3) is 22.4 Å². The molecule has 0 radical (unpaired) electrons. The van der Waals surface area contributed by atoms with Crippen LogP contribution in [-0.2, 0) is 6.54 Å². The quantitative estimate of drug-likeness (QED) is 0.595. The number of hydrogen-bond donors (Lipinski definition) is 1. The maximum Gasteiger partial charge on any atom is 0.225 e. The van der Waals surface area contributed by atoms with Gasteiger partial charge in [-0.1, -0.05) is 24.3 Å². The minimum Gasteiger partial charge on any atom is -0.343 e. The summed E-state index contributed by atoms with van der Waals surface area (Å²) in [6.07, 6.45) is 5.57. The van der Waals surface area contributed by atoms with E-state index in [0.29, 0.717) is 0 Å². The van der Waals surface area contributed by atoms with Crippen LogP contribution in [0.3, 0.4) is 0 Å². The fourth-order valence-corrected chi connectivity index (χ4v) is 3.56. The topological polar surface area (TPSA) is 73.8 Å². The van der Waals surface area contributed by atoms with E-state index in [1.165, 1.54) is 0 Å². The van der Waals surface area contributed by atoms with Gasteiger partial charge in [0.25, 0.3) is 0 Å². The standard InChI is InChI=1S/C21H21N7/c1-2-5-18-16(4-1)6-7-19(26-18)20-24-14-17(25-20)15-27-10-12-28(13-11-27)21-22-8-3-9-23-21/h1-9,14H,10-13,15H2,(H,24,25). The normalized spacial score (nSPS) is 15.2. The van der Waals surface area contributed by atoms with E-state index in [1.54, 1.807) is 12.4 Å². The molecule has 1 aromatic carbocycles. The number of hydrogen-bond acceptors (Lipinski definition) is 6. The zero-order valence-electron chi connectivity index (χ0n) is 15.5. The third kappa shape index (κ3) is 3.44. The molecule has 0 atom stereocenters. The number of pyridine rings is 1. The Labute approximate surface area is 163 Å². The Kier molecular flexibility index (Phi) is 4.42. The summed E-state index contributed by atoms with van der Waals surface area (Å²) >= 11 is 0. The van der Waals surface area contributed by atoms with Gasteiger partial charge >= 0.3 is 0 Å². The highest BCUT2D eigenvalue weighted by atomic mass is 15.3. The second-order valence-corrected chi connectivity index (χ2v) is 6.94. The van der Waals surface area contributed by atoms with E-state index >= 15 is 0 Å². The maximum absolute atomic E-state index is 4.76. The highest BCUT2D eigenvalue weighted by Crippen LogP contribution is 2.19. The number of piperazine rings is 1. The Morgan fingerprint density at radius 2 is 1.68 bits per heavy atom. The van der Waals surface area contributed by atoms with Gasteiger partial charge in [0.2, 0.25) is 5.95 Å². The SMILES string of the molecule is c1cnc(N2CCN(Cc3c[nH]c(-c4ccc5ccccc5n4)n3)CC2)nc1. The first-order valence-electron chi connectivity index (χ1n) is 9.50. The van der Waals surface area contributed by atoms with E-state index in [4.69, 9.17) is 9.97 Å². The fraction of sp³-hybridized carbons (Fsp3) is 0.238.